The van der Waals surface area contributed by atoms with E-state index in [9.17, 15) is 5.11 Å². The molecule has 1 saturated heterocycles. The normalized spacial score (nSPS) is 22.9. The smallest absolute Gasteiger partial charge is 0.0602 e. The van der Waals surface area contributed by atoms with E-state index in [1.54, 1.807) is 7.11 Å². The van der Waals surface area contributed by atoms with Crippen LogP contribution < -0.4 is 5.73 Å². The molecule has 0 radical (unpaired) electrons. The Morgan fingerprint density at radius 2 is 1.94 bits per heavy atom. The molecule has 0 spiro atoms. The topological polar surface area (TPSA) is 58.7 Å². The molecular formula is C13H28N2O2. The largest absolute Gasteiger partial charge is 0.395 e. The van der Waals surface area contributed by atoms with Crippen molar-refractivity contribution in [3.8, 4) is 0 Å². The van der Waals surface area contributed by atoms with Gasteiger partial charge in [0.1, 0.15) is 0 Å². The maximum Gasteiger partial charge on any atom is 0.0602 e. The monoisotopic (exact) mass is 244 g/mol. The van der Waals surface area contributed by atoms with Gasteiger partial charge in [-0.05, 0) is 37.8 Å². The molecular weight excluding hydrogens is 216 g/mol. The first-order valence-corrected chi connectivity index (χ1v) is 6.69. The lowest BCUT2D eigenvalue weighted by Crippen LogP contribution is -2.54. The number of nitrogens with two attached hydrogens (primary N) is 1. The van der Waals surface area contributed by atoms with Gasteiger partial charge in [0.25, 0.3) is 0 Å². The summed E-state index contributed by atoms with van der Waals surface area (Å²) in [7, 11) is 1.76. The molecule has 2 atom stereocenters. The van der Waals surface area contributed by atoms with Crippen molar-refractivity contribution in [3.05, 3.63) is 0 Å². The Morgan fingerprint density at radius 1 is 1.35 bits per heavy atom. The predicted molar refractivity (Wildman–Crippen MR) is 69.9 cm³/mol. The van der Waals surface area contributed by atoms with Crippen LogP contribution in [0.3, 0.4) is 0 Å². The first kappa shape index (κ1) is 14.9. The molecule has 17 heavy (non-hydrogen) atoms. The maximum absolute atomic E-state index is 9.52. The van der Waals surface area contributed by atoms with Gasteiger partial charge in [-0.25, -0.2) is 0 Å². The molecule has 4 heteroatoms. The third-order valence-electron chi connectivity index (χ3n) is 3.92. The lowest BCUT2D eigenvalue weighted by atomic mass is 9.92. The summed E-state index contributed by atoms with van der Waals surface area (Å²) < 4.78 is 5.20. The van der Waals surface area contributed by atoms with Gasteiger partial charge in [0.2, 0.25) is 0 Å². The quantitative estimate of drug-likeness (QED) is 0.722. The zero-order valence-electron chi connectivity index (χ0n) is 11.4. The maximum atomic E-state index is 9.52. The van der Waals surface area contributed by atoms with E-state index in [1.165, 1.54) is 0 Å². The van der Waals surface area contributed by atoms with Crippen molar-refractivity contribution in [3.63, 3.8) is 0 Å². The Bertz CT molecular complexity index is 204. The minimum absolute atomic E-state index is 0.0546. The van der Waals surface area contributed by atoms with Crippen LogP contribution in [0.4, 0.5) is 0 Å². The van der Waals surface area contributed by atoms with Gasteiger partial charge in [-0.2, -0.15) is 0 Å². The first-order valence-electron chi connectivity index (χ1n) is 6.69. The van der Waals surface area contributed by atoms with Gasteiger partial charge in [0.05, 0.1) is 6.61 Å². The van der Waals surface area contributed by atoms with Crippen LogP contribution >= 0.6 is 0 Å². The molecule has 0 amide bonds. The van der Waals surface area contributed by atoms with Crippen LogP contribution in [0.25, 0.3) is 0 Å². The van der Waals surface area contributed by atoms with Crippen LogP contribution in [-0.2, 0) is 4.74 Å². The van der Waals surface area contributed by atoms with Crippen LogP contribution in [0.2, 0.25) is 0 Å². The Morgan fingerprint density at radius 3 is 2.35 bits per heavy atom. The molecule has 1 fully saturated rings. The van der Waals surface area contributed by atoms with Gasteiger partial charge >= 0.3 is 0 Å². The number of methoxy groups -OCH3 is 1. The second-order valence-corrected chi connectivity index (χ2v) is 5.51. The van der Waals surface area contributed by atoms with E-state index in [0.717, 1.165) is 32.5 Å². The molecule has 0 aromatic heterocycles. The first-order chi connectivity index (χ1) is 8.10. The van der Waals surface area contributed by atoms with Crippen molar-refractivity contribution in [2.45, 2.75) is 38.8 Å². The van der Waals surface area contributed by atoms with Crippen LogP contribution in [0.5, 0.6) is 0 Å². The minimum atomic E-state index is 0.0546. The Balaban J connectivity index is 2.45. The molecule has 1 aliphatic heterocycles. The van der Waals surface area contributed by atoms with E-state index < -0.39 is 0 Å². The second-order valence-electron chi connectivity index (χ2n) is 5.51. The van der Waals surface area contributed by atoms with Crippen molar-refractivity contribution in [1.82, 2.24) is 4.90 Å². The number of piperidine rings is 1. The second kappa shape index (κ2) is 7.31. The minimum Gasteiger partial charge on any atom is -0.395 e. The summed E-state index contributed by atoms with van der Waals surface area (Å²) in [5, 5.41) is 9.52. The van der Waals surface area contributed by atoms with Crippen molar-refractivity contribution >= 4 is 0 Å². The van der Waals surface area contributed by atoms with Gasteiger partial charge in [-0.3, -0.25) is 4.90 Å². The molecule has 1 rings (SSSR count). The number of ether oxygens (including phenoxy) is 1. The number of aliphatic hydroxyl groups excluding tert-OH is 1. The highest BCUT2D eigenvalue weighted by Gasteiger charge is 2.29. The Hall–Kier alpha value is -0.160. The molecule has 2 unspecified atom stereocenters. The highest BCUT2D eigenvalue weighted by atomic mass is 16.5. The molecule has 102 valence electrons. The van der Waals surface area contributed by atoms with E-state index in [2.05, 4.69) is 18.7 Å². The van der Waals surface area contributed by atoms with Crippen LogP contribution in [-0.4, -0.2) is 55.5 Å². The Labute approximate surface area is 105 Å². The zero-order chi connectivity index (χ0) is 12.8. The highest BCUT2D eigenvalue weighted by Crippen LogP contribution is 2.21. The Kier molecular flexibility index (Phi) is 6.41. The summed E-state index contributed by atoms with van der Waals surface area (Å²) in [6, 6.07) is 0.164. The molecule has 1 heterocycles. The summed E-state index contributed by atoms with van der Waals surface area (Å²) in [4.78, 5) is 2.34. The van der Waals surface area contributed by atoms with Crippen molar-refractivity contribution in [2.75, 3.05) is 33.4 Å². The molecule has 0 aromatic carbocycles. The number of aliphatic hydroxyl groups is 1. The number of hydrogen-bond donors (Lipinski definition) is 2. The molecule has 4 nitrogen and oxygen atoms in total. The fraction of sp³-hybridized carbons (Fsp3) is 1.00. The SMILES string of the molecule is COCC1CCN(C(CO)C(N)C(C)C)CC1. The van der Waals surface area contributed by atoms with E-state index in [-0.39, 0.29) is 18.7 Å². The summed E-state index contributed by atoms with van der Waals surface area (Å²) in [5.74, 6) is 1.08. The fourth-order valence-corrected chi connectivity index (χ4v) is 2.61. The van der Waals surface area contributed by atoms with Crippen LogP contribution in [0.15, 0.2) is 0 Å². The van der Waals surface area contributed by atoms with Crippen LogP contribution in [0.1, 0.15) is 26.7 Å². The van der Waals surface area contributed by atoms with E-state index >= 15 is 0 Å². The molecule has 0 saturated carbocycles. The summed E-state index contributed by atoms with van der Waals surface area (Å²) in [6.07, 6.45) is 2.30. The molecule has 3 N–H and O–H groups in total. The van der Waals surface area contributed by atoms with Gasteiger partial charge in [-0.1, -0.05) is 13.8 Å². The van der Waals surface area contributed by atoms with E-state index in [4.69, 9.17) is 10.5 Å². The van der Waals surface area contributed by atoms with Crippen molar-refractivity contribution in [1.29, 1.82) is 0 Å². The van der Waals surface area contributed by atoms with Gasteiger partial charge in [0.15, 0.2) is 0 Å². The van der Waals surface area contributed by atoms with Gasteiger partial charge in [0, 0.05) is 25.8 Å². The van der Waals surface area contributed by atoms with Crippen molar-refractivity contribution in [2.24, 2.45) is 17.6 Å². The van der Waals surface area contributed by atoms with Crippen molar-refractivity contribution < 1.29 is 9.84 Å². The summed E-state index contributed by atoms with van der Waals surface area (Å²) in [6.45, 7) is 7.30. The summed E-state index contributed by atoms with van der Waals surface area (Å²) >= 11 is 0. The molecule has 1 aliphatic rings. The van der Waals surface area contributed by atoms with E-state index in [0.29, 0.717) is 11.8 Å². The third kappa shape index (κ3) is 4.21. The summed E-state index contributed by atoms with van der Waals surface area (Å²) in [5.41, 5.74) is 6.17. The molecule has 0 aromatic rings. The fourth-order valence-electron chi connectivity index (χ4n) is 2.61. The number of rotatable bonds is 6. The molecule has 0 bridgehead atoms. The average molecular weight is 244 g/mol. The van der Waals surface area contributed by atoms with Crippen LogP contribution in [0, 0.1) is 11.8 Å². The zero-order valence-corrected chi connectivity index (χ0v) is 11.4. The highest BCUT2D eigenvalue weighted by molar-refractivity contribution is 4.86. The number of hydrogen-bond acceptors (Lipinski definition) is 4. The lowest BCUT2D eigenvalue weighted by molar-refractivity contribution is 0.0426. The number of nitrogens with zero attached hydrogens (tertiary/aromatic N) is 1. The van der Waals surface area contributed by atoms with Gasteiger partial charge < -0.3 is 15.6 Å². The molecule has 0 aliphatic carbocycles. The number of likely N-dealkylation sites (tertiary alicyclic amines) is 1. The lowest BCUT2D eigenvalue weighted by Gasteiger charge is -2.40. The van der Waals surface area contributed by atoms with Gasteiger partial charge in [-0.15, -0.1) is 0 Å². The average Bonchev–Trinajstić information content (AvgIpc) is 2.32. The standard InChI is InChI=1S/C13H28N2O2/c1-10(2)13(14)12(8-16)15-6-4-11(5-7-15)9-17-3/h10-13,16H,4-9,14H2,1-3H3. The van der Waals surface area contributed by atoms with E-state index in [1.807, 2.05) is 0 Å². The predicted octanol–water partition coefficient (Wildman–Crippen LogP) is 0.689. The third-order valence-corrected chi connectivity index (χ3v) is 3.92.